The van der Waals surface area contributed by atoms with E-state index in [4.69, 9.17) is 9.47 Å². The van der Waals surface area contributed by atoms with Gasteiger partial charge in [-0.2, -0.15) is 0 Å². The van der Waals surface area contributed by atoms with Crippen LogP contribution in [0.3, 0.4) is 0 Å². The molecule has 1 fully saturated rings. The molecule has 3 heterocycles. The molecule has 2 aromatic carbocycles. The smallest absolute Gasteiger partial charge is 0.231 e. The fraction of sp³-hybridized carbons (Fsp3) is 0.300. The lowest BCUT2D eigenvalue weighted by molar-refractivity contribution is 0.174. The highest BCUT2D eigenvalue weighted by molar-refractivity contribution is 5.89. The summed E-state index contributed by atoms with van der Waals surface area (Å²) in [7, 11) is 0. The fourth-order valence-electron chi connectivity index (χ4n) is 3.66. The number of hydrogen-bond donors (Lipinski definition) is 0. The van der Waals surface area contributed by atoms with Crippen LogP contribution in [-0.2, 0) is 6.54 Å². The number of ether oxygens (including phenoxy) is 2. The first-order valence-electron chi connectivity index (χ1n) is 8.92. The number of benzene rings is 2. The minimum absolute atomic E-state index is 0.324. The van der Waals surface area contributed by atoms with E-state index in [-0.39, 0.29) is 0 Å². The van der Waals surface area contributed by atoms with Gasteiger partial charge in [-0.3, -0.25) is 4.90 Å². The molecule has 1 aromatic heterocycles. The quantitative estimate of drug-likeness (QED) is 0.725. The van der Waals surface area contributed by atoms with E-state index in [9.17, 15) is 0 Å². The average Bonchev–Trinajstić information content (AvgIpc) is 3.16. The van der Waals surface area contributed by atoms with Crippen molar-refractivity contribution in [2.24, 2.45) is 0 Å². The topological polar surface area (TPSA) is 50.7 Å². The Labute approximate surface area is 152 Å². The second kappa shape index (κ2) is 6.46. The van der Waals surface area contributed by atoms with E-state index in [1.165, 1.54) is 5.56 Å². The Hall–Kier alpha value is -2.86. The van der Waals surface area contributed by atoms with Gasteiger partial charge in [0.25, 0.3) is 0 Å². The molecule has 0 amide bonds. The van der Waals surface area contributed by atoms with Crippen LogP contribution in [0.2, 0.25) is 0 Å². The minimum atomic E-state index is 0.324. The molecule has 2 aliphatic heterocycles. The van der Waals surface area contributed by atoms with E-state index in [1.807, 2.05) is 24.3 Å². The van der Waals surface area contributed by atoms with Gasteiger partial charge >= 0.3 is 0 Å². The van der Waals surface area contributed by atoms with Crippen molar-refractivity contribution < 1.29 is 9.47 Å². The number of aromatic nitrogens is 2. The van der Waals surface area contributed by atoms with Crippen molar-refractivity contribution in [2.75, 3.05) is 37.9 Å². The summed E-state index contributed by atoms with van der Waals surface area (Å²) in [5.74, 6) is 2.74. The van der Waals surface area contributed by atoms with Crippen molar-refractivity contribution in [3.8, 4) is 11.5 Å². The van der Waals surface area contributed by atoms with Crippen LogP contribution >= 0.6 is 0 Å². The molecule has 2 aliphatic rings. The highest BCUT2D eigenvalue weighted by atomic mass is 16.7. The standard InChI is InChI=1S/C20H20N4O2/c1-2-4-17-16(3-1)20(22-13-21-17)24-9-7-23(8-10-24)12-15-5-6-18-19(11-15)26-14-25-18/h1-6,11,13H,7-10,12,14H2. The normalized spacial score (nSPS) is 17.0. The van der Waals surface area contributed by atoms with Crippen LogP contribution in [0.25, 0.3) is 10.9 Å². The largest absolute Gasteiger partial charge is 0.454 e. The van der Waals surface area contributed by atoms with Gasteiger partial charge in [-0.05, 0) is 29.8 Å². The summed E-state index contributed by atoms with van der Waals surface area (Å²) in [6.07, 6.45) is 1.66. The second-order valence-electron chi connectivity index (χ2n) is 6.67. The lowest BCUT2D eigenvalue weighted by atomic mass is 10.1. The van der Waals surface area contributed by atoms with Crippen molar-refractivity contribution in [2.45, 2.75) is 6.54 Å². The number of fused-ring (bicyclic) bond motifs is 2. The minimum Gasteiger partial charge on any atom is -0.454 e. The number of anilines is 1. The Kier molecular flexibility index (Phi) is 3.83. The Morgan fingerprint density at radius 3 is 2.65 bits per heavy atom. The zero-order valence-electron chi connectivity index (χ0n) is 14.5. The Balaban J connectivity index is 1.27. The van der Waals surface area contributed by atoms with Crippen molar-refractivity contribution >= 4 is 16.7 Å². The number of para-hydroxylation sites is 1. The summed E-state index contributed by atoms with van der Waals surface area (Å²) in [5.41, 5.74) is 2.26. The van der Waals surface area contributed by atoms with Gasteiger partial charge in [-0.25, -0.2) is 9.97 Å². The van der Waals surface area contributed by atoms with E-state index in [2.05, 4.69) is 38.0 Å². The Morgan fingerprint density at radius 2 is 1.73 bits per heavy atom. The van der Waals surface area contributed by atoms with Gasteiger partial charge in [0.2, 0.25) is 6.79 Å². The van der Waals surface area contributed by atoms with Gasteiger partial charge in [-0.1, -0.05) is 18.2 Å². The molecule has 6 nitrogen and oxygen atoms in total. The molecule has 5 rings (SSSR count). The maximum absolute atomic E-state index is 5.48. The molecule has 0 bridgehead atoms. The van der Waals surface area contributed by atoms with E-state index in [1.54, 1.807) is 6.33 Å². The van der Waals surface area contributed by atoms with Gasteiger partial charge in [0.15, 0.2) is 11.5 Å². The fourth-order valence-corrected chi connectivity index (χ4v) is 3.66. The molecule has 132 valence electrons. The predicted octanol–water partition coefficient (Wildman–Crippen LogP) is 2.68. The van der Waals surface area contributed by atoms with Gasteiger partial charge in [-0.15, -0.1) is 0 Å². The van der Waals surface area contributed by atoms with E-state index in [0.717, 1.165) is 60.9 Å². The van der Waals surface area contributed by atoms with Crippen LogP contribution in [0, 0.1) is 0 Å². The van der Waals surface area contributed by atoms with E-state index < -0.39 is 0 Å². The summed E-state index contributed by atoms with van der Waals surface area (Å²) < 4.78 is 10.9. The average molecular weight is 348 g/mol. The first kappa shape index (κ1) is 15.4. The molecular formula is C20H20N4O2. The molecular weight excluding hydrogens is 328 g/mol. The van der Waals surface area contributed by atoms with Crippen LogP contribution in [0.1, 0.15) is 5.56 Å². The van der Waals surface area contributed by atoms with Crippen LogP contribution in [-0.4, -0.2) is 47.8 Å². The maximum Gasteiger partial charge on any atom is 0.231 e. The van der Waals surface area contributed by atoms with Gasteiger partial charge in [0.05, 0.1) is 5.52 Å². The molecule has 3 aromatic rings. The van der Waals surface area contributed by atoms with Gasteiger partial charge < -0.3 is 14.4 Å². The molecule has 0 N–H and O–H groups in total. The second-order valence-corrected chi connectivity index (χ2v) is 6.67. The third kappa shape index (κ3) is 2.82. The number of piperazine rings is 1. The van der Waals surface area contributed by atoms with Crippen LogP contribution in [0.4, 0.5) is 5.82 Å². The summed E-state index contributed by atoms with van der Waals surface area (Å²) >= 11 is 0. The molecule has 0 atom stereocenters. The molecule has 26 heavy (non-hydrogen) atoms. The predicted molar refractivity (Wildman–Crippen MR) is 99.6 cm³/mol. The maximum atomic E-state index is 5.48. The summed E-state index contributed by atoms with van der Waals surface area (Å²) in [4.78, 5) is 13.7. The lowest BCUT2D eigenvalue weighted by Crippen LogP contribution is -2.46. The SMILES string of the molecule is c1ccc2c(N3CCN(Cc4ccc5c(c4)OCO5)CC3)ncnc2c1. The first-order chi connectivity index (χ1) is 12.9. The van der Waals surface area contributed by atoms with Crippen LogP contribution < -0.4 is 14.4 Å². The molecule has 0 spiro atoms. The molecule has 0 saturated carbocycles. The molecule has 6 heteroatoms. The summed E-state index contributed by atoms with van der Waals surface area (Å²) in [6, 6.07) is 14.4. The Bertz CT molecular complexity index is 933. The van der Waals surface area contributed by atoms with Gasteiger partial charge in [0.1, 0.15) is 12.1 Å². The lowest BCUT2D eigenvalue weighted by Gasteiger charge is -2.35. The van der Waals surface area contributed by atoms with Crippen molar-refractivity contribution in [3.05, 3.63) is 54.4 Å². The van der Waals surface area contributed by atoms with Crippen molar-refractivity contribution in [1.29, 1.82) is 0 Å². The molecule has 1 saturated heterocycles. The van der Waals surface area contributed by atoms with Gasteiger partial charge in [0, 0.05) is 38.1 Å². The number of hydrogen-bond acceptors (Lipinski definition) is 6. The third-order valence-corrected chi connectivity index (χ3v) is 5.04. The molecule has 0 aliphatic carbocycles. The monoisotopic (exact) mass is 348 g/mol. The highest BCUT2D eigenvalue weighted by Gasteiger charge is 2.21. The van der Waals surface area contributed by atoms with E-state index in [0.29, 0.717) is 6.79 Å². The Morgan fingerprint density at radius 1 is 0.885 bits per heavy atom. The number of rotatable bonds is 3. The summed E-state index contributed by atoms with van der Waals surface area (Å²) in [5, 5.41) is 1.12. The van der Waals surface area contributed by atoms with E-state index >= 15 is 0 Å². The molecule has 0 radical (unpaired) electrons. The number of nitrogens with zero attached hydrogens (tertiary/aromatic N) is 4. The first-order valence-corrected chi connectivity index (χ1v) is 8.92. The van der Waals surface area contributed by atoms with Crippen LogP contribution in [0.15, 0.2) is 48.8 Å². The van der Waals surface area contributed by atoms with Crippen LogP contribution in [0.5, 0.6) is 11.5 Å². The zero-order chi connectivity index (χ0) is 17.3. The van der Waals surface area contributed by atoms with Crippen molar-refractivity contribution in [1.82, 2.24) is 14.9 Å². The van der Waals surface area contributed by atoms with Crippen molar-refractivity contribution in [3.63, 3.8) is 0 Å². The molecule has 0 unspecified atom stereocenters. The summed E-state index contributed by atoms with van der Waals surface area (Å²) in [6.45, 7) is 5.19. The zero-order valence-corrected chi connectivity index (χ0v) is 14.5. The highest BCUT2D eigenvalue weighted by Crippen LogP contribution is 2.33. The third-order valence-electron chi connectivity index (χ3n) is 5.04.